The van der Waals surface area contributed by atoms with E-state index in [-0.39, 0.29) is 18.3 Å². The summed E-state index contributed by atoms with van der Waals surface area (Å²) in [6.45, 7) is 3.69. The smallest absolute Gasteiger partial charge is 0.227 e. The topological polar surface area (TPSA) is 42.0 Å². The van der Waals surface area contributed by atoms with Crippen LogP contribution in [0.3, 0.4) is 0 Å². The summed E-state index contributed by atoms with van der Waals surface area (Å²) in [4.78, 5) is 18.6. The van der Waals surface area contributed by atoms with E-state index in [1.807, 2.05) is 28.4 Å². The van der Waals surface area contributed by atoms with Crippen molar-refractivity contribution < 1.29 is 14.3 Å². The van der Waals surface area contributed by atoms with Crippen LogP contribution in [-0.2, 0) is 24.1 Å². The zero-order valence-electron chi connectivity index (χ0n) is 18.2. The second-order valence-electron chi connectivity index (χ2n) is 7.62. The molecule has 7 heteroatoms. The van der Waals surface area contributed by atoms with Gasteiger partial charge in [-0.05, 0) is 80.5 Å². The molecular weight excluding hydrogens is 420 g/mol. The largest absolute Gasteiger partial charge is 0.493 e. The van der Waals surface area contributed by atoms with E-state index in [0.717, 1.165) is 56.8 Å². The number of halogens is 1. The molecule has 5 nitrogen and oxygen atoms in total. The van der Waals surface area contributed by atoms with Crippen molar-refractivity contribution in [1.29, 1.82) is 0 Å². The standard InChI is InChI=1S/C23H32N2O3S.ClH/c1-24(10-4-7-20-8-5-14-29-20)11-6-12-25-13-9-18-15-21(27-2)22(28-3)16-19(18)17-23(25)26;/h5,8,14-16H,4,6-7,9-13,17H2,1-3H3;1H. The molecule has 0 unspecified atom stereocenters. The molecule has 2 aromatic rings. The van der Waals surface area contributed by atoms with Gasteiger partial charge in [-0.25, -0.2) is 0 Å². The first-order chi connectivity index (χ1) is 14.1. The summed E-state index contributed by atoms with van der Waals surface area (Å²) < 4.78 is 10.8. The van der Waals surface area contributed by atoms with Gasteiger partial charge in [0.15, 0.2) is 11.5 Å². The average molecular weight is 453 g/mol. The van der Waals surface area contributed by atoms with Crippen LogP contribution < -0.4 is 9.47 Å². The Hall–Kier alpha value is -1.76. The van der Waals surface area contributed by atoms with E-state index in [9.17, 15) is 4.79 Å². The van der Waals surface area contributed by atoms with Crippen molar-refractivity contribution in [2.24, 2.45) is 0 Å². The Balaban J connectivity index is 0.00000320. The van der Waals surface area contributed by atoms with Crippen molar-refractivity contribution >= 4 is 29.7 Å². The molecular formula is C23H33ClN2O3S. The number of fused-ring (bicyclic) bond motifs is 1. The molecule has 1 aromatic heterocycles. The maximum Gasteiger partial charge on any atom is 0.227 e. The van der Waals surface area contributed by atoms with Crippen LogP contribution in [0.1, 0.15) is 28.8 Å². The first-order valence-electron chi connectivity index (χ1n) is 10.3. The van der Waals surface area contributed by atoms with Gasteiger partial charge in [0.2, 0.25) is 5.91 Å². The zero-order valence-corrected chi connectivity index (χ0v) is 19.8. The van der Waals surface area contributed by atoms with Crippen molar-refractivity contribution in [3.8, 4) is 11.5 Å². The third kappa shape index (κ3) is 6.62. The quantitative estimate of drug-likeness (QED) is 0.545. The van der Waals surface area contributed by atoms with Gasteiger partial charge in [-0.2, -0.15) is 0 Å². The maximum absolute atomic E-state index is 12.8. The molecule has 0 N–H and O–H groups in total. The second-order valence-corrected chi connectivity index (χ2v) is 8.66. The van der Waals surface area contributed by atoms with E-state index < -0.39 is 0 Å². The average Bonchev–Trinajstić information content (AvgIpc) is 3.18. The van der Waals surface area contributed by atoms with Crippen LogP contribution in [0.25, 0.3) is 0 Å². The monoisotopic (exact) mass is 452 g/mol. The third-order valence-electron chi connectivity index (χ3n) is 5.56. The summed E-state index contributed by atoms with van der Waals surface area (Å²) in [5, 5.41) is 2.14. The lowest BCUT2D eigenvalue weighted by Crippen LogP contribution is -2.35. The van der Waals surface area contributed by atoms with E-state index in [4.69, 9.17) is 9.47 Å². The van der Waals surface area contributed by atoms with Crippen LogP contribution in [0.15, 0.2) is 29.6 Å². The second kappa shape index (κ2) is 12.2. The molecule has 1 aliphatic rings. The van der Waals surface area contributed by atoms with Gasteiger partial charge in [-0.1, -0.05) is 6.07 Å². The highest BCUT2D eigenvalue weighted by Crippen LogP contribution is 2.32. The van der Waals surface area contributed by atoms with E-state index >= 15 is 0 Å². The van der Waals surface area contributed by atoms with Crippen molar-refractivity contribution in [3.05, 3.63) is 45.6 Å². The number of aryl methyl sites for hydroxylation is 1. The molecule has 0 atom stereocenters. The van der Waals surface area contributed by atoms with Crippen molar-refractivity contribution in [3.63, 3.8) is 0 Å². The Kier molecular flexibility index (Phi) is 9.95. The number of thiophene rings is 1. The summed E-state index contributed by atoms with van der Waals surface area (Å²) in [6.07, 6.45) is 4.63. The minimum Gasteiger partial charge on any atom is -0.493 e. The number of methoxy groups -OCH3 is 2. The summed E-state index contributed by atoms with van der Waals surface area (Å²) in [6, 6.07) is 8.30. The fourth-order valence-electron chi connectivity index (χ4n) is 3.87. The fourth-order valence-corrected chi connectivity index (χ4v) is 4.62. The predicted molar refractivity (Wildman–Crippen MR) is 126 cm³/mol. The Bertz CT molecular complexity index is 798. The predicted octanol–water partition coefficient (Wildman–Crippen LogP) is 4.07. The van der Waals surface area contributed by atoms with Gasteiger partial charge in [0.25, 0.3) is 0 Å². The Morgan fingerprint density at radius 3 is 2.47 bits per heavy atom. The molecule has 2 heterocycles. The lowest BCUT2D eigenvalue weighted by atomic mass is 10.0. The van der Waals surface area contributed by atoms with E-state index in [1.165, 1.54) is 16.9 Å². The summed E-state index contributed by atoms with van der Waals surface area (Å²) >= 11 is 1.83. The number of ether oxygens (including phenoxy) is 2. The molecule has 0 aliphatic carbocycles. The number of hydrogen-bond acceptors (Lipinski definition) is 5. The van der Waals surface area contributed by atoms with Gasteiger partial charge in [-0.15, -0.1) is 23.7 Å². The molecule has 0 radical (unpaired) electrons. The van der Waals surface area contributed by atoms with Crippen LogP contribution in [0, 0.1) is 0 Å². The number of carbonyl (C=O) groups excluding carboxylic acids is 1. The molecule has 0 spiro atoms. The minimum atomic E-state index is 0. The molecule has 0 bridgehead atoms. The van der Waals surface area contributed by atoms with Crippen molar-refractivity contribution in [2.75, 3.05) is 47.4 Å². The van der Waals surface area contributed by atoms with Crippen LogP contribution in [0.5, 0.6) is 11.5 Å². The highest BCUT2D eigenvalue weighted by Gasteiger charge is 2.22. The molecule has 1 aromatic carbocycles. The molecule has 0 fully saturated rings. The molecule has 0 saturated heterocycles. The number of nitrogens with zero attached hydrogens (tertiary/aromatic N) is 2. The van der Waals surface area contributed by atoms with Gasteiger partial charge in [0, 0.05) is 18.0 Å². The normalized spacial score (nSPS) is 13.6. The van der Waals surface area contributed by atoms with E-state index in [0.29, 0.717) is 12.2 Å². The molecule has 0 saturated carbocycles. The van der Waals surface area contributed by atoms with Crippen LogP contribution in [-0.4, -0.2) is 63.2 Å². The van der Waals surface area contributed by atoms with Gasteiger partial charge < -0.3 is 19.3 Å². The van der Waals surface area contributed by atoms with Crippen LogP contribution in [0.2, 0.25) is 0 Å². The van der Waals surface area contributed by atoms with Crippen molar-refractivity contribution in [2.45, 2.75) is 32.1 Å². The Morgan fingerprint density at radius 1 is 1.10 bits per heavy atom. The minimum absolute atomic E-state index is 0. The number of hydrogen-bond donors (Lipinski definition) is 0. The van der Waals surface area contributed by atoms with Gasteiger partial charge in [-0.3, -0.25) is 4.79 Å². The van der Waals surface area contributed by atoms with Crippen LogP contribution >= 0.6 is 23.7 Å². The van der Waals surface area contributed by atoms with E-state index in [2.05, 4.69) is 29.5 Å². The van der Waals surface area contributed by atoms with Gasteiger partial charge in [0.05, 0.1) is 20.6 Å². The fraction of sp³-hybridized carbons (Fsp3) is 0.522. The summed E-state index contributed by atoms with van der Waals surface area (Å²) in [5.74, 6) is 1.63. The lowest BCUT2D eigenvalue weighted by Gasteiger charge is -2.22. The number of carbonyl (C=O) groups is 1. The van der Waals surface area contributed by atoms with Crippen molar-refractivity contribution in [1.82, 2.24) is 9.80 Å². The first kappa shape index (κ1) is 24.5. The maximum atomic E-state index is 12.8. The Morgan fingerprint density at radius 2 is 1.80 bits per heavy atom. The van der Waals surface area contributed by atoms with Gasteiger partial charge >= 0.3 is 0 Å². The molecule has 3 rings (SSSR count). The lowest BCUT2D eigenvalue weighted by molar-refractivity contribution is -0.130. The van der Waals surface area contributed by atoms with E-state index in [1.54, 1.807) is 14.2 Å². The highest BCUT2D eigenvalue weighted by atomic mass is 35.5. The summed E-state index contributed by atoms with van der Waals surface area (Å²) in [7, 11) is 5.45. The number of amides is 1. The molecule has 1 amide bonds. The van der Waals surface area contributed by atoms with Gasteiger partial charge in [0.1, 0.15) is 0 Å². The zero-order chi connectivity index (χ0) is 20.6. The Labute approximate surface area is 190 Å². The first-order valence-corrected chi connectivity index (χ1v) is 11.2. The highest BCUT2D eigenvalue weighted by molar-refractivity contribution is 7.09. The third-order valence-corrected chi connectivity index (χ3v) is 6.50. The number of rotatable bonds is 10. The SMILES string of the molecule is COc1cc2c(cc1OC)CC(=O)N(CCCN(C)CCCc1cccs1)CC2.Cl. The number of benzene rings is 1. The molecule has 30 heavy (non-hydrogen) atoms. The summed E-state index contributed by atoms with van der Waals surface area (Å²) in [5.41, 5.74) is 2.24. The van der Waals surface area contributed by atoms with Crippen LogP contribution in [0.4, 0.5) is 0 Å². The molecule has 1 aliphatic heterocycles. The molecule has 166 valence electrons.